The molecule has 2 unspecified atom stereocenters. The molecule has 2 aliphatic carbocycles. The zero-order chi connectivity index (χ0) is 15.9. The molecule has 2 bridgehead atoms. The van der Waals surface area contributed by atoms with E-state index in [9.17, 15) is 4.79 Å². The van der Waals surface area contributed by atoms with Gasteiger partial charge in [0.25, 0.3) is 0 Å². The van der Waals surface area contributed by atoms with E-state index in [-0.39, 0.29) is 5.91 Å². The maximum absolute atomic E-state index is 12.2. The highest BCUT2D eigenvalue weighted by atomic mass is 32.2. The fraction of sp³-hybridized carbons (Fsp3) is 0.941. The molecule has 128 valence electrons. The maximum atomic E-state index is 12.2. The third kappa shape index (κ3) is 5.14. The molecule has 22 heavy (non-hydrogen) atoms. The molecule has 0 aliphatic heterocycles. The lowest BCUT2D eigenvalue weighted by molar-refractivity contribution is -0.120. The Bertz CT molecular complexity index is 335. The fourth-order valence-electron chi connectivity index (χ4n) is 4.15. The minimum absolute atomic E-state index is 0.224. The van der Waals surface area contributed by atoms with E-state index in [1.807, 2.05) is 0 Å². The largest absolute Gasteiger partial charge is 0.352 e. The summed E-state index contributed by atoms with van der Waals surface area (Å²) in [5.74, 6) is 3.10. The molecule has 0 radical (unpaired) electrons. The van der Waals surface area contributed by atoms with Crippen LogP contribution in [0.5, 0.6) is 0 Å². The van der Waals surface area contributed by atoms with E-state index in [1.165, 1.54) is 19.3 Å². The molecule has 0 spiro atoms. The van der Waals surface area contributed by atoms with Crippen LogP contribution in [0.4, 0.5) is 0 Å². The average molecular weight is 328 g/mol. The van der Waals surface area contributed by atoms with Crippen molar-refractivity contribution < 1.29 is 4.79 Å². The second-order valence-corrected chi connectivity index (χ2v) is 7.96. The monoisotopic (exact) mass is 327 g/mol. The molecule has 2 aliphatic rings. The van der Waals surface area contributed by atoms with Crippen LogP contribution in [-0.4, -0.2) is 54.0 Å². The first-order chi connectivity index (χ1) is 10.6. The fourth-order valence-corrected chi connectivity index (χ4v) is 4.95. The van der Waals surface area contributed by atoms with Crippen LogP contribution in [0.3, 0.4) is 0 Å². The van der Waals surface area contributed by atoms with Gasteiger partial charge in [0.15, 0.2) is 0 Å². The van der Waals surface area contributed by atoms with Crippen molar-refractivity contribution in [2.24, 2.45) is 17.6 Å². The van der Waals surface area contributed by atoms with E-state index in [2.05, 4.69) is 24.1 Å². The van der Waals surface area contributed by atoms with Crippen LogP contribution in [0, 0.1) is 11.8 Å². The van der Waals surface area contributed by atoms with Crippen molar-refractivity contribution in [3.63, 3.8) is 0 Å². The van der Waals surface area contributed by atoms with E-state index in [1.54, 1.807) is 11.8 Å². The molecule has 1 amide bonds. The lowest BCUT2D eigenvalue weighted by atomic mass is 9.67. The molecule has 0 aromatic rings. The topological polar surface area (TPSA) is 58.4 Å². The van der Waals surface area contributed by atoms with E-state index < -0.39 is 0 Å². The van der Waals surface area contributed by atoms with Crippen LogP contribution in [0.1, 0.15) is 46.0 Å². The van der Waals surface area contributed by atoms with Crippen LogP contribution >= 0.6 is 11.8 Å². The lowest BCUT2D eigenvalue weighted by Gasteiger charge is -2.45. The lowest BCUT2D eigenvalue weighted by Crippen LogP contribution is -2.54. The Morgan fingerprint density at radius 3 is 2.45 bits per heavy atom. The second-order valence-electron chi connectivity index (χ2n) is 6.86. The quantitative estimate of drug-likeness (QED) is 0.670. The van der Waals surface area contributed by atoms with Gasteiger partial charge < -0.3 is 16.0 Å². The van der Waals surface area contributed by atoms with Crippen molar-refractivity contribution in [3.8, 4) is 0 Å². The number of carbonyl (C=O) groups is 1. The van der Waals surface area contributed by atoms with E-state index in [0.29, 0.717) is 29.7 Å². The van der Waals surface area contributed by atoms with Gasteiger partial charge in [0.05, 0.1) is 5.75 Å². The van der Waals surface area contributed by atoms with Crippen molar-refractivity contribution in [3.05, 3.63) is 0 Å². The van der Waals surface area contributed by atoms with Gasteiger partial charge in [-0.3, -0.25) is 4.79 Å². The summed E-state index contributed by atoms with van der Waals surface area (Å²) in [6, 6.07) is 0.747. The Kier molecular flexibility index (Phi) is 7.51. The molecule has 4 nitrogen and oxygen atoms in total. The van der Waals surface area contributed by atoms with Crippen LogP contribution < -0.4 is 11.1 Å². The van der Waals surface area contributed by atoms with Crippen molar-refractivity contribution in [2.45, 2.75) is 58.0 Å². The van der Waals surface area contributed by atoms with Crippen molar-refractivity contribution in [1.29, 1.82) is 0 Å². The summed E-state index contributed by atoms with van der Waals surface area (Å²) in [6.45, 7) is 7.64. The van der Waals surface area contributed by atoms with Crippen molar-refractivity contribution >= 4 is 17.7 Å². The number of thioether (sulfide) groups is 1. The number of hydrogen-bond acceptors (Lipinski definition) is 4. The number of carbonyl (C=O) groups excluding carboxylic acids is 1. The zero-order valence-corrected chi connectivity index (χ0v) is 15.0. The van der Waals surface area contributed by atoms with Gasteiger partial charge in [-0.25, -0.2) is 0 Å². The van der Waals surface area contributed by atoms with Crippen LogP contribution in [-0.2, 0) is 4.79 Å². The van der Waals surface area contributed by atoms with Crippen molar-refractivity contribution in [1.82, 2.24) is 10.2 Å². The van der Waals surface area contributed by atoms with E-state index in [4.69, 9.17) is 5.73 Å². The Labute approximate surface area is 140 Å². The predicted octanol–water partition coefficient (Wildman–Crippen LogP) is 2.08. The number of nitrogens with zero attached hydrogens (tertiary/aromatic N) is 1. The molecule has 0 aromatic carbocycles. The first-order valence-electron chi connectivity index (χ1n) is 8.99. The molecular weight excluding hydrogens is 294 g/mol. The normalized spacial score (nSPS) is 31.3. The SMILES string of the molecule is CCN(CC)CCSCC(=O)NC1C2CCCC1CC(N)C2. The van der Waals surface area contributed by atoms with Gasteiger partial charge in [-0.2, -0.15) is 11.8 Å². The van der Waals surface area contributed by atoms with Gasteiger partial charge in [-0.1, -0.05) is 20.3 Å². The number of nitrogens with two attached hydrogens (primary N) is 1. The number of nitrogens with one attached hydrogen (secondary N) is 1. The number of rotatable bonds is 8. The molecule has 2 fully saturated rings. The third-order valence-electron chi connectivity index (χ3n) is 5.38. The molecule has 2 rings (SSSR count). The van der Waals surface area contributed by atoms with Gasteiger partial charge in [0.1, 0.15) is 0 Å². The zero-order valence-electron chi connectivity index (χ0n) is 14.2. The highest BCUT2D eigenvalue weighted by Crippen LogP contribution is 2.39. The van der Waals surface area contributed by atoms with E-state index >= 15 is 0 Å². The van der Waals surface area contributed by atoms with E-state index in [0.717, 1.165) is 38.2 Å². The van der Waals surface area contributed by atoms with Crippen LogP contribution in [0.15, 0.2) is 0 Å². The Morgan fingerprint density at radius 2 is 1.86 bits per heavy atom. The Balaban J connectivity index is 1.68. The van der Waals surface area contributed by atoms with Crippen LogP contribution in [0.2, 0.25) is 0 Å². The minimum Gasteiger partial charge on any atom is -0.352 e. The summed E-state index contributed by atoms with van der Waals surface area (Å²) in [6.07, 6.45) is 5.98. The van der Waals surface area contributed by atoms with Gasteiger partial charge in [-0.05, 0) is 50.6 Å². The highest BCUT2D eigenvalue weighted by molar-refractivity contribution is 7.99. The molecule has 3 N–H and O–H groups in total. The third-order valence-corrected chi connectivity index (χ3v) is 6.32. The summed E-state index contributed by atoms with van der Waals surface area (Å²) < 4.78 is 0. The summed E-state index contributed by atoms with van der Waals surface area (Å²) in [5.41, 5.74) is 6.15. The summed E-state index contributed by atoms with van der Waals surface area (Å²) in [4.78, 5) is 14.6. The minimum atomic E-state index is 0.224. The first-order valence-corrected chi connectivity index (χ1v) is 10.1. The molecule has 2 atom stereocenters. The summed E-state index contributed by atoms with van der Waals surface area (Å²) >= 11 is 1.76. The summed E-state index contributed by atoms with van der Waals surface area (Å²) in [7, 11) is 0. The second kappa shape index (κ2) is 9.14. The Hall–Kier alpha value is -0.260. The molecule has 0 heterocycles. The Morgan fingerprint density at radius 1 is 1.23 bits per heavy atom. The molecule has 5 heteroatoms. The van der Waals surface area contributed by atoms with Gasteiger partial charge in [0.2, 0.25) is 5.91 Å². The first kappa shape index (κ1) is 18.1. The predicted molar refractivity (Wildman–Crippen MR) is 95.1 cm³/mol. The van der Waals surface area contributed by atoms with Gasteiger partial charge in [0, 0.05) is 24.4 Å². The highest BCUT2D eigenvalue weighted by Gasteiger charge is 2.39. The van der Waals surface area contributed by atoms with Gasteiger partial charge in [-0.15, -0.1) is 0 Å². The van der Waals surface area contributed by atoms with Crippen molar-refractivity contribution in [2.75, 3.05) is 31.1 Å². The molecular formula is C17H33N3OS. The molecule has 2 saturated carbocycles. The molecule has 0 saturated heterocycles. The standard InChI is InChI=1S/C17H33N3OS/c1-3-20(4-2)8-9-22-12-16(21)19-17-13-6-5-7-14(17)11-15(18)10-13/h13-15,17H,3-12,18H2,1-2H3,(H,19,21). The summed E-state index contributed by atoms with van der Waals surface area (Å²) in [5, 5.41) is 3.33. The number of amides is 1. The van der Waals surface area contributed by atoms with Crippen LogP contribution in [0.25, 0.3) is 0 Å². The number of hydrogen-bond donors (Lipinski definition) is 2. The average Bonchev–Trinajstić information content (AvgIpc) is 2.48. The smallest absolute Gasteiger partial charge is 0.230 e. The number of fused-ring (bicyclic) bond motifs is 2. The van der Waals surface area contributed by atoms with Gasteiger partial charge >= 0.3 is 0 Å². The maximum Gasteiger partial charge on any atom is 0.230 e. The molecule has 0 aromatic heterocycles.